The van der Waals surface area contributed by atoms with Gasteiger partial charge in [0.2, 0.25) is 0 Å². The predicted octanol–water partition coefficient (Wildman–Crippen LogP) is 0.901. The summed E-state index contributed by atoms with van der Waals surface area (Å²) in [6.07, 6.45) is 4.90. The zero-order valence-electron chi connectivity index (χ0n) is 6.60. The normalized spacial score (nSPS) is 11.1. The monoisotopic (exact) mass is 171 g/mol. The first-order chi connectivity index (χ1) is 6.43. The van der Waals surface area contributed by atoms with Crippen LogP contribution in [0.3, 0.4) is 0 Å². The van der Waals surface area contributed by atoms with Crippen molar-refractivity contribution in [3.8, 4) is 0 Å². The average Bonchev–Trinajstić information content (AvgIpc) is 2.61. The summed E-state index contributed by atoms with van der Waals surface area (Å²) in [5.74, 6) is 0. The number of hydrogen-bond donors (Lipinski definition) is 1. The van der Waals surface area contributed by atoms with Gasteiger partial charge in [-0.2, -0.15) is 5.10 Å². The van der Waals surface area contributed by atoms with E-state index in [-0.39, 0.29) is 0 Å². The first kappa shape index (κ1) is 6.47. The van der Waals surface area contributed by atoms with Gasteiger partial charge in [0.1, 0.15) is 11.8 Å². The Kier molecular flexibility index (Phi) is 1.11. The number of rotatable bonds is 0. The van der Waals surface area contributed by atoms with Crippen LogP contribution in [0.5, 0.6) is 0 Å². The molecule has 1 N–H and O–H groups in total. The SMILES string of the molecule is c1ncc2cc3[nH]ncc3nc2n1. The minimum absolute atomic E-state index is 0.698. The second-order valence-electron chi connectivity index (χ2n) is 2.73. The molecule has 0 aliphatic carbocycles. The number of aromatic nitrogens is 5. The zero-order chi connectivity index (χ0) is 8.67. The lowest BCUT2D eigenvalue weighted by Gasteiger charge is -1.93. The zero-order valence-corrected chi connectivity index (χ0v) is 6.60. The van der Waals surface area contributed by atoms with Gasteiger partial charge < -0.3 is 0 Å². The fourth-order valence-corrected chi connectivity index (χ4v) is 1.28. The van der Waals surface area contributed by atoms with Crippen LogP contribution in [-0.4, -0.2) is 25.1 Å². The van der Waals surface area contributed by atoms with Crippen LogP contribution in [0, 0.1) is 0 Å². The van der Waals surface area contributed by atoms with Crippen molar-refractivity contribution in [3.63, 3.8) is 0 Å². The highest BCUT2D eigenvalue weighted by Crippen LogP contribution is 2.13. The highest BCUT2D eigenvalue weighted by atomic mass is 15.1. The first-order valence-electron chi connectivity index (χ1n) is 3.83. The smallest absolute Gasteiger partial charge is 0.163 e. The molecular weight excluding hydrogens is 166 g/mol. The van der Waals surface area contributed by atoms with E-state index in [0.717, 1.165) is 16.4 Å². The van der Waals surface area contributed by atoms with Crippen molar-refractivity contribution >= 4 is 22.1 Å². The Labute approximate surface area is 72.9 Å². The molecule has 0 saturated heterocycles. The van der Waals surface area contributed by atoms with Gasteiger partial charge in [-0.1, -0.05) is 0 Å². The van der Waals surface area contributed by atoms with Crippen molar-refractivity contribution in [1.29, 1.82) is 0 Å². The Hall–Kier alpha value is -2.04. The number of hydrogen-bond acceptors (Lipinski definition) is 4. The molecule has 0 fully saturated rings. The summed E-state index contributed by atoms with van der Waals surface area (Å²) in [6.45, 7) is 0. The van der Waals surface area contributed by atoms with Gasteiger partial charge in [-0.3, -0.25) is 5.10 Å². The number of fused-ring (bicyclic) bond motifs is 2. The molecule has 0 atom stereocenters. The van der Waals surface area contributed by atoms with Gasteiger partial charge in [0, 0.05) is 11.6 Å². The minimum atomic E-state index is 0.698. The van der Waals surface area contributed by atoms with Crippen LogP contribution in [0.15, 0.2) is 24.8 Å². The molecule has 3 aromatic rings. The van der Waals surface area contributed by atoms with Gasteiger partial charge in [-0.15, -0.1) is 0 Å². The van der Waals surface area contributed by atoms with Crippen molar-refractivity contribution in [3.05, 3.63) is 24.8 Å². The molecule has 0 aliphatic heterocycles. The fourth-order valence-electron chi connectivity index (χ4n) is 1.28. The largest absolute Gasteiger partial charge is 0.276 e. The maximum atomic E-state index is 4.29. The molecular formula is C8H5N5. The number of H-pyrrole nitrogens is 1. The third kappa shape index (κ3) is 0.868. The van der Waals surface area contributed by atoms with E-state index in [4.69, 9.17) is 0 Å². The summed E-state index contributed by atoms with van der Waals surface area (Å²) >= 11 is 0. The Morgan fingerprint density at radius 1 is 1.23 bits per heavy atom. The van der Waals surface area contributed by atoms with Gasteiger partial charge in [0.05, 0.1) is 11.7 Å². The second-order valence-corrected chi connectivity index (χ2v) is 2.73. The molecule has 0 aliphatic rings. The van der Waals surface area contributed by atoms with Gasteiger partial charge in [-0.25, -0.2) is 15.0 Å². The van der Waals surface area contributed by atoms with Crippen molar-refractivity contribution < 1.29 is 0 Å². The lowest BCUT2D eigenvalue weighted by atomic mass is 10.3. The molecule has 13 heavy (non-hydrogen) atoms. The van der Waals surface area contributed by atoms with Gasteiger partial charge in [-0.05, 0) is 6.07 Å². The first-order valence-corrected chi connectivity index (χ1v) is 3.83. The molecule has 5 nitrogen and oxygen atoms in total. The lowest BCUT2D eigenvalue weighted by Crippen LogP contribution is -1.84. The Balaban J connectivity index is 2.57. The Bertz CT molecular complexity index is 521. The molecule has 0 amide bonds. The molecule has 5 heteroatoms. The molecule has 3 heterocycles. The van der Waals surface area contributed by atoms with Gasteiger partial charge in [0.25, 0.3) is 0 Å². The summed E-state index contributed by atoms with van der Waals surface area (Å²) in [6, 6.07) is 1.94. The minimum Gasteiger partial charge on any atom is -0.276 e. The quantitative estimate of drug-likeness (QED) is 0.545. The number of aromatic amines is 1. The topological polar surface area (TPSA) is 67.3 Å². The third-order valence-electron chi connectivity index (χ3n) is 1.89. The van der Waals surface area contributed by atoms with E-state index in [0.29, 0.717) is 5.65 Å². The van der Waals surface area contributed by atoms with Crippen molar-refractivity contribution in [2.24, 2.45) is 0 Å². The van der Waals surface area contributed by atoms with E-state index >= 15 is 0 Å². The summed E-state index contributed by atoms with van der Waals surface area (Å²) in [4.78, 5) is 12.3. The fraction of sp³-hybridized carbons (Fsp3) is 0. The summed E-state index contributed by atoms with van der Waals surface area (Å²) in [5.41, 5.74) is 2.43. The van der Waals surface area contributed by atoms with Crippen LogP contribution < -0.4 is 0 Å². The average molecular weight is 171 g/mol. The van der Waals surface area contributed by atoms with Crippen molar-refractivity contribution in [2.75, 3.05) is 0 Å². The van der Waals surface area contributed by atoms with E-state index in [9.17, 15) is 0 Å². The van der Waals surface area contributed by atoms with E-state index < -0.39 is 0 Å². The van der Waals surface area contributed by atoms with Crippen LogP contribution >= 0.6 is 0 Å². The van der Waals surface area contributed by atoms with Gasteiger partial charge in [0.15, 0.2) is 5.65 Å². The predicted molar refractivity (Wildman–Crippen MR) is 47.0 cm³/mol. The summed E-state index contributed by atoms with van der Waals surface area (Å²) in [5, 5.41) is 7.65. The van der Waals surface area contributed by atoms with E-state index in [1.807, 2.05) is 6.07 Å². The molecule has 0 spiro atoms. The maximum absolute atomic E-state index is 4.29. The molecule has 0 saturated carbocycles. The number of pyridine rings is 1. The Morgan fingerprint density at radius 3 is 3.23 bits per heavy atom. The van der Waals surface area contributed by atoms with E-state index in [1.54, 1.807) is 12.4 Å². The highest BCUT2D eigenvalue weighted by molar-refractivity contribution is 5.87. The maximum Gasteiger partial charge on any atom is 0.163 e. The van der Waals surface area contributed by atoms with Crippen LogP contribution in [0.1, 0.15) is 0 Å². The standard InChI is InChI=1S/C8H5N5/c1-5-2-9-4-10-8(5)12-7-3-11-13-6(1)7/h1-4H,(H,11,13). The molecule has 0 bridgehead atoms. The lowest BCUT2D eigenvalue weighted by molar-refractivity contribution is 1.12. The second kappa shape index (κ2) is 2.22. The molecule has 62 valence electrons. The van der Waals surface area contributed by atoms with Crippen LogP contribution in [0.4, 0.5) is 0 Å². The summed E-state index contributed by atoms with van der Waals surface area (Å²) in [7, 11) is 0. The van der Waals surface area contributed by atoms with Crippen LogP contribution in [0.2, 0.25) is 0 Å². The van der Waals surface area contributed by atoms with Crippen molar-refractivity contribution in [2.45, 2.75) is 0 Å². The molecule has 0 radical (unpaired) electrons. The number of nitrogens with one attached hydrogen (secondary N) is 1. The molecule has 3 aromatic heterocycles. The van der Waals surface area contributed by atoms with E-state index in [2.05, 4.69) is 25.1 Å². The van der Waals surface area contributed by atoms with E-state index in [1.165, 1.54) is 6.33 Å². The van der Waals surface area contributed by atoms with Crippen LogP contribution in [-0.2, 0) is 0 Å². The third-order valence-corrected chi connectivity index (χ3v) is 1.89. The van der Waals surface area contributed by atoms with Crippen molar-refractivity contribution in [1.82, 2.24) is 25.1 Å². The molecule has 3 rings (SSSR count). The highest BCUT2D eigenvalue weighted by Gasteiger charge is 2.00. The molecule has 0 unspecified atom stereocenters. The number of nitrogens with zero attached hydrogens (tertiary/aromatic N) is 4. The summed E-state index contributed by atoms with van der Waals surface area (Å²) < 4.78 is 0. The Morgan fingerprint density at radius 2 is 2.23 bits per heavy atom. The molecule has 0 aromatic carbocycles. The van der Waals surface area contributed by atoms with Crippen LogP contribution in [0.25, 0.3) is 22.1 Å². The van der Waals surface area contributed by atoms with Gasteiger partial charge >= 0.3 is 0 Å².